The van der Waals surface area contributed by atoms with E-state index in [4.69, 9.17) is 4.74 Å². The van der Waals surface area contributed by atoms with Gasteiger partial charge in [-0.2, -0.15) is 18.3 Å². The molecule has 39 heavy (non-hydrogen) atoms. The van der Waals surface area contributed by atoms with Crippen molar-refractivity contribution < 1.29 is 35.5 Å². The third-order valence-electron chi connectivity index (χ3n) is 6.61. The zero-order valence-corrected chi connectivity index (χ0v) is 22.3. The second-order valence-corrected chi connectivity index (χ2v) is 11.3. The van der Waals surface area contributed by atoms with Crippen LogP contribution in [0.25, 0.3) is 5.69 Å². The molecule has 1 aromatic heterocycles. The number of halogens is 4. The third kappa shape index (κ3) is 5.87. The quantitative estimate of drug-likeness (QED) is 0.388. The van der Waals surface area contributed by atoms with Crippen LogP contribution in [0.15, 0.2) is 53.6 Å². The molecule has 0 spiro atoms. The summed E-state index contributed by atoms with van der Waals surface area (Å²) in [6.45, 7) is 1.85. The van der Waals surface area contributed by atoms with Crippen LogP contribution in [0.2, 0.25) is 0 Å². The van der Waals surface area contributed by atoms with E-state index in [2.05, 4.69) is 10.4 Å². The fourth-order valence-electron chi connectivity index (χ4n) is 4.77. The standard InChI is InChI=1S/C26H28F4N4O4S/c1-4-5-19(16-6-12-23(39(3,36)37)22(14-16)38-2)32-25(35)33-21-15-31-34(18-9-7-17(27)8-10-18)20(21)11-13-24(33)26(28,29)30/h6-10,12,14-15,19,24H,4-5,11,13H2,1-3H3,(H,32,35)/t19-,24?/m0/s1. The van der Waals surface area contributed by atoms with E-state index in [-0.39, 0.29) is 29.2 Å². The molecule has 8 nitrogen and oxygen atoms in total. The van der Waals surface area contributed by atoms with Gasteiger partial charge in [0, 0.05) is 6.26 Å². The van der Waals surface area contributed by atoms with Crippen LogP contribution in [-0.2, 0) is 16.3 Å². The van der Waals surface area contributed by atoms with Gasteiger partial charge in [-0.15, -0.1) is 0 Å². The molecule has 0 fully saturated rings. The van der Waals surface area contributed by atoms with Crippen molar-refractivity contribution in [3.05, 3.63) is 65.7 Å². The van der Waals surface area contributed by atoms with E-state index in [1.54, 1.807) is 0 Å². The summed E-state index contributed by atoms with van der Waals surface area (Å²) in [5.74, 6) is -0.402. The minimum absolute atomic E-state index is 0.00318. The summed E-state index contributed by atoms with van der Waals surface area (Å²) in [5, 5.41) is 6.92. The molecule has 0 saturated heterocycles. The number of benzene rings is 2. The van der Waals surface area contributed by atoms with E-state index in [0.717, 1.165) is 6.26 Å². The van der Waals surface area contributed by atoms with Gasteiger partial charge in [0.1, 0.15) is 22.5 Å². The second-order valence-electron chi connectivity index (χ2n) is 9.30. The minimum Gasteiger partial charge on any atom is -0.495 e. The number of rotatable bonds is 7. The average molecular weight is 569 g/mol. The van der Waals surface area contributed by atoms with E-state index in [1.165, 1.54) is 60.5 Å². The number of fused-ring (bicyclic) bond motifs is 1. The maximum atomic E-state index is 14.1. The van der Waals surface area contributed by atoms with E-state index >= 15 is 0 Å². The van der Waals surface area contributed by atoms with Crippen molar-refractivity contribution in [1.29, 1.82) is 0 Å². The molecule has 0 saturated carbocycles. The topological polar surface area (TPSA) is 93.5 Å². The fourth-order valence-corrected chi connectivity index (χ4v) is 5.60. The van der Waals surface area contributed by atoms with Gasteiger partial charge in [-0.1, -0.05) is 19.4 Å². The minimum atomic E-state index is -4.70. The van der Waals surface area contributed by atoms with Gasteiger partial charge in [-0.05, 0) is 61.2 Å². The van der Waals surface area contributed by atoms with E-state index in [0.29, 0.717) is 34.7 Å². The van der Waals surface area contributed by atoms with E-state index in [1.807, 2.05) is 6.92 Å². The number of hydrogen-bond acceptors (Lipinski definition) is 5. The Hall–Kier alpha value is -3.61. The summed E-state index contributed by atoms with van der Waals surface area (Å²) in [6.07, 6.45) is -1.89. The van der Waals surface area contributed by atoms with Crippen LogP contribution in [0.1, 0.15) is 43.5 Å². The number of alkyl halides is 3. The lowest BCUT2D eigenvalue weighted by Gasteiger charge is -2.37. The molecule has 2 amide bonds. The molecule has 4 rings (SSSR count). The van der Waals surface area contributed by atoms with Crippen molar-refractivity contribution in [2.45, 2.75) is 55.8 Å². The number of methoxy groups -OCH3 is 1. The van der Waals surface area contributed by atoms with Crippen molar-refractivity contribution in [2.24, 2.45) is 0 Å². The molecule has 2 heterocycles. The lowest BCUT2D eigenvalue weighted by molar-refractivity contribution is -0.149. The smallest absolute Gasteiger partial charge is 0.409 e. The van der Waals surface area contributed by atoms with E-state index in [9.17, 15) is 30.8 Å². The molecule has 2 aromatic carbocycles. The van der Waals surface area contributed by atoms with Crippen molar-refractivity contribution in [3.8, 4) is 11.4 Å². The number of amides is 2. The summed E-state index contributed by atoms with van der Waals surface area (Å²) in [7, 11) is -2.29. The highest BCUT2D eigenvalue weighted by Gasteiger charge is 2.49. The molecule has 0 aliphatic carbocycles. The van der Waals surface area contributed by atoms with E-state index < -0.39 is 39.9 Å². The van der Waals surface area contributed by atoms with Gasteiger partial charge >= 0.3 is 12.2 Å². The van der Waals surface area contributed by atoms with Crippen LogP contribution in [-0.4, -0.2) is 49.8 Å². The Morgan fingerprint density at radius 1 is 1.21 bits per heavy atom. The Bertz CT molecular complexity index is 1460. The van der Waals surface area contributed by atoms with Crippen molar-refractivity contribution in [1.82, 2.24) is 15.1 Å². The monoisotopic (exact) mass is 568 g/mol. The maximum Gasteiger partial charge on any atom is 0.409 e. The zero-order valence-electron chi connectivity index (χ0n) is 21.5. The summed E-state index contributed by atoms with van der Waals surface area (Å²) < 4.78 is 86.6. The zero-order chi connectivity index (χ0) is 28.5. The first-order chi connectivity index (χ1) is 18.3. The Morgan fingerprint density at radius 2 is 1.90 bits per heavy atom. The number of carbonyl (C=O) groups excluding carboxylic acids is 1. The van der Waals surface area contributed by atoms with Crippen molar-refractivity contribution >= 4 is 21.6 Å². The Balaban J connectivity index is 1.71. The normalized spacial score (nSPS) is 16.5. The summed E-state index contributed by atoms with van der Waals surface area (Å²) in [4.78, 5) is 14.2. The Labute approximate surface area is 223 Å². The van der Waals surface area contributed by atoms with Crippen molar-refractivity contribution in [2.75, 3.05) is 18.3 Å². The van der Waals surface area contributed by atoms with Gasteiger partial charge in [-0.25, -0.2) is 22.3 Å². The summed E-state index contributed by atoms with van der Waals surface area (Å²) in [6, 6.07) is 5.88. The molecule has 0 radical (unpaired) electrons. The van der Waals surface area contributed by atoms with Gasteiger partial charge in [0.15, 0.2) is 9.84 Å². The number of sulfone groups is 1. The molecule has 1 unspecified atom stereocenters. The highest BCUT2D eigenvalue weighted by Crippen LogP contribution is 2.39. The Morgan fingerprint density at radius 3 is 2.49 bits per heavy atom. The average Bonchev–Trinajstić information content (AvgIpc) is 3.31. The maximum absolute atomic E-state index is 14.1. The Kier molecular flexibility index (Phi) is 7.92. The first-order valence-corrected chi connectivity index (χ1v) is 14.1. The largest absolute Gasteiger partial charge is 0.495 e. The lowest BCUT2D eigenvalue weighted by atomic mass is 9.99. The van der Waals surface area contributed by atoms with Crippen LogP contribution < -0.4 is 15.0 Å². The molecular formula is C26H28F4N4O4S. The number of nitrogens with zero attached hydrogens (tertiary/aromatic N) is 3. The van der Waals surface area contributed by atoms with Crippen LogP contribution in [0.3, 0.4) is 0 Å². The lowest BCUT2D eigenvalue weighted by Crippen LogP contribution is -2.55. The first-order valence-electron chi connectivity index (χ1n) is 12.2. The van der Waals surface area contributed by atoms with Crippen LogP contribution in [0.5, 0.6) is 5.75 Å². The molecule has 3 aromatic rings. The molecule has 1 aliphatic rings. The number of urea groups is 1. The fraction of sp³-hybridized carbons (Fsp3) is 0.385. The molecule has 1 N–H and O–H groups in total. The van der Waals surface area contributed by atoms with Crippen LogP contribution >= 0.6 is 0 Å². The molecule has 0 bridgehead atoms. The number of aromatic nitrogens is 2. The number of anilines is 1. The summed E-state index contributed by atoms with van der Waals surface area (Å²) >= 11 is 0. The number of carbonyl (C=O) groups is 1. The SMILES string of the molecule is CCC[C@H](NC(=O)N1c2cnn(-c3ccc(F)cc3)c2CCC1C(F)(F)F)c1ccc(S(C)(=O)=O)c(OC)c1. The molecule has 13 heteroatoms. The highest BCUT2D eigenvalue weighted by molar-refractivity contribution is 7.90. The number of nitrogens with one attached hydrogen (secondary N) is 1. The van der Waals surface area contributed by atoms with Gasteiger partial charge in [0.2, 0.25) is 0 Å². The number of ether oxygens (including phenoxy) is 1. The van der Waals surface area contributed by atoms with Gasteiger partial charge in [0.05, 0.1) is 36.4 Å². The van der Waals surface area contributed by atoms with Crippen LogP contribution in [0.4, 0.5) is 28.0 Å². The van der Waals surface area contributed by atoms with Crippen LogP contribution in [0, 0.1) is 5.82 Å². The second kappa shape index (κ2) is 10.9. The van der Waals surface area contributed by atoms with Gasteiger partial charge < -0.3 is 10.1 Å². The van der Waals surface area contributed by atoms with Gasteiger partial charge in [0.25, 0.3) is 0 Å². The molecule has 2 atom stereocenters. The molecule has 1 aliphatic heterocycles. The third-order valence-corrected chi connectivity index (χ3v) is 7.74. The predicted octanol–water partition coefficient (Wildman–Crippen LogP) is 5.36. The van der Waals surface area contributed by atoms with Gasteiger partial charge in [-0.3, -0.25) is 4.90 Å². The predicted molar refractivity (Wildman–Crippen MR) is 136 cm³/mol. The first kappa shape index (κ1) is 28.4. The number of hydrogen-bond donors (Lipinski definition) is 1. The molecular weight excluding hydrogens is 540 g/mol. The van der Waals surface area contributed by atoms with Crippen molar-refractivity contribution in [3.63, 3.8) is 0 Å². The highest BCUT2D eigenvalue weighted by atomic mass is 32.2. The molecule has 210 valence electrons. The summed E-state index contributed by atoms with van der Waals surface area (Å²) in [5.41, 5.74) is 1.33.